The number of carboxylic acid groups (broad SMARTS) is 1. The largest absolute Gasteiger partial charge is 0.480 e. The van der Waals surface area contributed by atoms with E-state index in [-0.39, 0.29) is 37.6 Å². The number of pyridine rings is 1. The van der Waals surface area contributed by atoms with Crippen LogP contribution in [0.2, 0.25) is 0 Å². The molecule has 2 rings (SSSR count). The van der Waals surface area contributed by atoms with Gasteiger partial charge in [0, 0.05) is 31.8 Å². The molecule has 1 aromatic rings. The highest BCUT2D eigenvalue weighted by atomic mass is 16.5. The first-order valence-electron chi connectivity index (χ1n) is 6.35. The Bertz CT molecular complexity index is 554. The van der Waals surface area contributed by atoms with Gasteiger partial charge in [-0.3, -0.25) is 9.59 Å². The van der Waals surface area contributed by atoms with Crippen LogP contribution in [0.4, 0.5) is 0 Å². The summed E-state index contributed by atoms with van der Waals surface area (Å²) in [5.41, 5.74) is -0.183. The van der Waals surface area contributed by atoms with Gasteiger partial charge in [-0.05, 0) is 6.07 Å². The monoisotopic (exact) mass is 280 g/mol. The number of aryl methyl sites for hydroxylation is 1. The van der Waals surface area contributed by atoms with Gasteiger partial charge in [-0.2, -0.15) is 0 Å². The lowest BCUT2D eigenvalue weighted by Crippen LogP contribution is -2.52. The predicted octanol–water partition coefficient (Wildman–Crippen LogP) is -0.450. The summed E-state index contributed by atoms with van der Waals surface area (Å²) in [6.45, 7) is 0.842. The molecule has 0 radical (unpaired) electrons. The molecule has 7 nitrogen and oxygen atoms in total. The third-order valence-electron chi connectivity index (χ3n) is 3.20. The standard InChI is InChI=1S/C13H16N2O5/c16-11-3-1-2-5-14(11)6-4-12(17)15-7-8-20-9-10(15)13(18)19/h1-3,5,10H,4,6-9H2,(H,18,19). The first-order valence-corrected chi connectivity index (χ1v) is 6.35. The van der Waals surface area contributed by atoms with Crippen LogP contribution in [0.1, 0.15) is 6.42 Å². The Morgan fingerprint density at radius 1 is 1.40 bits per heavy atom. The second kappa shape index (κ2) is 6.33. The highest BCUT2D eigenvalue weighted by Crippen LogP contribution is 2.09. The molecule has 20 heavy (non-hydrogen) atoms. The lowest BCUT2D eigenvalue weighted by molar-refractivity contribution is -0.158. The molecule has 1 saturated heterocycles. The van der Waals surface area contributed by atoms with E-state index in [0.29, 0.717) is 6.61 Å². The number of ether oxygens (including phenoxy) is 1. The van der Waals surface area contributed by atoms with Crippen molar-refractivity contribution in [2.75, 3.05) is 19.8 Å². The molecule has 0 aromatic carbocycles. The number of aromatic nitrogens is 1. The summed E-state index contributed by atoms with van der Waals surface area (Å²) in [5.74, 6) is -1.36. The third-order valence-corrected chi connectivity index (χ3v) is 3.20. The molecular weight excluding hydrogens is 264 g/mol. The Hall–Kier alpha value is -2.15. The van der Waals surface area contributed by atoms with Crippen molar-refractivity contribution in [3.63, 3.8) is 0 Å². The molecule has 0 aliphatic carbocycles. The molecule has 1 N–H and O–H groups in total. The van der Waals surface area contributed by atoms with Gasteiger partial charge in [-0.1, -0.05) is 6.07 Å². The number of nitrogens with zero attached hydrogens (tertiary/aromatic N) is 2. The summed E-state index contributed by atoms with van der Waals surface area (Å²) < 4.78 is 6.50. The summed E-state index contributed by atoms with van der Waals surface area (Å²) in [6, 6.07) is 3.81. The Labute approximate surface area is 115 Å². The van der Waals surface area contributed by atoms with Crippen LogP contribution in [-0.4, -0.2) is 52.3 Å². The van der Waals surface area contributed by atoms with E-state index in [2.05, 4.69) is 0 Å². The van der Waals surface area contributed by atoms with Gasteiger partial charge in [-0.15, -0.1) is 0 Å². The highest BCUT2D eigenvalue weighted by Gasteiger charge is 2.32. The fourth-order valence-corrected chi connectivity index (χ4v) is 2.11. The van der Waals surface area contributed by atoms with Crippen molar-refractivity contribution in [1.82, 2.24) is 9.47 Å². The van der Waals surface area contributed by atoms with Gasteiger partial charge in [0.15, 0.2) is 6.04 Å². The molecule has 0 saturated carbocycles. The van der Waals surface area contributed by atoms with Crippen molar-refractivity contribution in [3.8, 4) is 0 Å². The number of hydrogen-bond acceptors (Lipinski definition) is 4. The van der Waals surface area contributed by atoms with E-state index in [4.69, 9.17) is 9.84 Å². The molecule has 7 heteroatoms. The van der Waals surface area contributed by atoms with Gasteiger partial charge in [0.05, 0.1) is 13.2 Å². The summed E-state index contributed by atoms with van der Waals surface area (Å²) in [5, 5.41) is 9.06. The molecule has 1 aliphatic rings. The smallest absolute Gasteiger partial charge is 0.328 e. The number of carbonyl (C=O) groups is 2. The van der Waals surface area contributed by atoms with Crippen LogP contribution in [0.25, 0.3) is 0 Å². The predicted molar refractivity (Wildman–Crippen MR) is 69.3 cm³/mol. The minimum atomic E-state index is -1.07. The minimum absolute atomic E-state index is 0.00631. The molecule has 0 spiro atoms. The van der Waals surface area contributed by atoms with Crippen molar-refractivity contribution in [3.05, 3.63) is 34.7 Å². The molecule has 1 fully saturated rings. The highest BCUT2D eigenvalue weighted by molar-refractivity contribution is 5.83. The molecule has 1 aromatic heterocycles. The van der Waals surface area contributed by atoms with Gasteiger partial charge >= 0.3 is 5.97 Å². The summed E-state index contributed by atoms with van der Waals surface area (Å²) in [7, 11) is 0. The van der Waals surface area contributed by atoms with E-state index in [1.54, 1.807) is 18.3 Å². The van der Waals surface area contributed by atoms with Gasteiger partial charge in [0.2, 0.25) is 5.91 Å². The van der Waals surface area contributed by atoms with E-state index >= 15 is 0 Å². The molecular formula is C13H16N2O5. The lowest BCUT2D eigenvalue weighted by atomic mass is 10.2. The summed E-state index contributed by atoms with van der Waals surface area (Å²) in [6.07, 6.45) is 1.69. The van der Waals surface area contributed by atoms with Crippen LogP contribution in [0, 0.1) is 0 Å². The molecule has 108 valence electrons. The van der Waals surface area contributed by atoms with Crippen LogP contribution in [0.15, 0.2) is 29.2 Å². The maximum absolute atomic E-state index is 12.1. The van der Waals surface area contributed by atoms with E-state index in [0.717, 1.165) is 0 Å². The van der Waals surface area contributed by atoms with Crippen molar-refractivity contribution in [2.24, 2.45) is 0 Å². The van der Waals surface area contributed by atoms with Crippen LogP contribution >= 0.6 is 0 Å². The SMILES string of the molecule is O=C(O)C1COCCN1C(=O)CCn1ccccc1=O. The van der Waals surface area contributed by atoms with Crippen LogP contribution in [0.5, 0.6) is 0 Å². The fourth-order valence-electron chi connectivity index (χ4n) is 2.11. The number of carbonyl (C=O) groups excluding carboxylic acids is 1. The minimum Gasteiger partial charge on any atom is -0.480 e. The van der Waals surface area contributed by atoms with Gasteiger partial charge < -0.3 is 19.3 Å². The van der Waals surface area contributed by atoms with Crippen LogP contribution in [0.3, 0.4) is 0 Å². The molecule has 1 unspecified atom stereocenters. The van der Waals surface area contributed by atoms with Crippen molar-refractivity contribution in [1.29, 1.82) is 0 Å². The Kier molecular flexibility index (Phi) is 4.52. The average Bonchev–Trinajstić information content (AvgIpc) is 2.46. The molecule has 1 amide bonds. The summed E-state index contributed by atoms with van der Waals surface area (Å²) in [4.78, 5) is 36.0. The van der Waals surface area contributed by atoms with E-state index < -0.39 is 12.0 Å². The first kappa shape index (κ1) is 14.3. The van der Waals surface area contributed by atoms with Crippen LogP contribution in [-0.2, 0) is 20.9 Å². The molecule has 2 heterocycles. The van der Waals surface area contributed by atoms with Crippen molar-refractivity contribution in [2.45, 2.75) is 19.0 Å². The zero-order chi connectivity index (χ0) is 14.5. The number of amides is 1. The number of carboxylic acids is 1. The zero-order valence-corrected chi connectivity index (χ0v) is 10.9. The maximum Gasteiger partial charge on any atom is 0.328 e. The normalized spacial score (nSPS) is 18.8. The quantitative estimate of drug-likeness (QED) is 0.807. The molecule has 1 atom stereocenters. The summed E-state index contributed by atoms with van der Waals surface area (Å²) >= 11 is 0. The molecule has 0 bridgehead atoms. The Morgan fingerprint density at radius 2 is 2.20 bits per heavy atom. The second-order valence-corrected chi connectivity index (χ2v) is 4.50. The van der Waals surface area contributed by atoms with Crippen LogP contribution < -0.4 is 5.56 Å². The van der Waals surface area contributed by atoms with Crippen molar-refractivity contribution < 1.29 is 19.4 Å². The topological polar surface area (TPSA) is 88.8 Å². The zero-order valence-electron chi connectivity index (χ0n) is 10.9. The third kappa shape index (κ3) is 3.24. The van der Waals surface area contributed by atoms with Crippen molar-refractivity contribution >= 4 is 11.9 Å². The number of rotatable bonds is 4. The van der Waals surface area contributed by atoms with E-state index in [9.17, 15) is 14.4 Å². The average molecular weight is 280 g/mol. The second-order valence-electron chi connectivity index (χ2n) is 4.50. The van der Waals surface area contributed by atoms with E-state index in [1.807, 2.05) is 0 Å². The lowest BCUT2D eigenvalue weighted by Gasteiger charge is -2.32. The van der Waals surface area contributed by atoms with Gasteiger partial charge in [0.1, 0.15) is 0 Å². The fraction of sp³-hybridized carbons (Fsp3) is 0.462. The van der Waals surface area contributed by atoms with Gasteiger partial charge in [-0.25, -0.2) is 4.79 Å². The first-order chi connectivity index (χ1) is 9.59. The number of aliphatic carboxylic acids is 1. The Balaban J connectivity index is 1.99. The molecule has 1 aliphatic heterocycles. The number of morpholine rings is 1. The van der Waals surface area contributed by atoms with Gasteiger partial charge in [0.25, 0.3) is 5.56 Å². The maximum atomic E-state index is 12.1. The Morgan fingerprint density at radius 3 is 2.90 bits per heavy atom. The number of hydrogen-bond donors (Lipinski definition) is 1. The van der Waals surface area contributed by atoms with E-state index in [1.165, 1.54) is 15.5 Å².